The average molecular weight is 231 g/mol. The van der Waals surface area contributed by atoms with Gasteiger partial charge in [-0.25, -0.2) is 4.79 Å². The summed E-state index contributed by atoms with van der Waals surface area (Å²) in [5.74, 6) is -1.04. The lowest BCUT2D eigenvalue weighted by atomic mass is 10.1. The smallest absolute Gasteiger partial charge is 0.337 e. The molecule has 0 aliphatic carbocycles. The van der Waals surface area contributed by atoms with Gasteiger partial charge in [0, 0.05) is 10.1 Å². The molecule has 1 aromatic rings. The Labute approximate surface area is 91.8 Å². The Bertz CT molecular complexity index is 376. The molecular formula is C10H8Cl2O2. The zero-order valence-corrected chi connectivity index (χ0v) is 8.93. The van der Waals surface area contributed by atoms with E-state index in [0.717, 1.165) is 0 Å². The van der Waals surface area contributed by atoms with Crippen LogP contribution < -0.4 is 0 Å². The Hall–Kier alpha value is -0.990. The van der Waals surface area contributed by atoms with Gasteiger partial charge >= 0.3 is 5.97 Å². The summed E-state index contributed by atoms with van der Waals surface area (Å²) in [6.45, 7) is 1.54. The minimum absolute atomic E-state index is 0.100. The van der Waals surface area contributed by atoms with E-state index in [1.807, 2.05) is 0 Å². The highest BCUT2D eigenvalue weighted by molar-refractivity contribution is 6.38. The maximum Gasteiger partial charge on any atom is 0.337 e. The van der Waals surface area contributed by atoms with Crippen LogP contribution in [0.1, 0.15) is 12.5 Å². The number of benzene rings is 1. The fraction of sp³-hybridized carbons (Fsp3) is 0.100. The van der Waals surface area contributed by atoms with Gasteiger partial charge in [0.25, 0.3) is 0 Å². The highest BCUT2D eigenvalue weighted by Gasteiger charge is 2.12. The summed E-state index contributed by atoms with van der Waals surface area (Å²) in [5.41, 5.74) is 0.651. The molecule has 0 amide bonds. The highest BCUT2D eigenvalue weighted by atomic mass is 35.5. The summed E-state index contributed by atoms with van der Waals surface area (Å²) in [6, 6.07) is 6.49. The van der Waals surface area contributed by atoms with Crippen LogP contribution in [0.15, 0.2) is 29.3 Å². The van der Waals surface area contributed by atoms with Gasteiger partial charge in [-0.3, -0.25) is 0 Å². The average Bonchev–Trinajstić information content (AvgIpc) is 2.07. The van der Waals surface area contributed by atoms with Gasteiger partial charge < -0.3 is 5.11 Å². The van der Waals surface area contributed by atoms with Gasteiger partial charge in [0.2, 0.25) is 0 Å². The number of hydrogen-bond donors (Lipinski definition) is 1. The molecule has 2 nitrogen and oxygen atoms in total. The normalized spacial score (nSPS) is 12.2. The molecule has 74 valence electrons. The molecular weight excluding hydrogens is 223 g/mol. The maximum atomic E-state index is 10.9. The van der Waals surface area contributed by atoms with E-state index in [-0.39, 0.29) is 10.6 Å². The number of rotatable bonds is 2. The number of carboxylic acid groups (broad SMARTS) is 1. The first-order chi connectivity index (χ1) is 6.52. The van der Waals surface area contributed by atoms with Crippen LogP contribution in [-0.2, 0) is 4.79 Å². The van der Waals surface area contributed by atoms with Crippen molar-refractivity contribution in [2.45, 2.75) is 6.92 Å². The van der Waals surface area contributed by atoms with E-state index in [1.165, 1.54) is 0 Å². The molecule has 0 fully saturated rings. The molecule has 0 aromatic heterocycles. The van der Waals surface area contributed by atoms with Crippen molar-refractivity contribution >= 4 is 34.7 Å². The molecule has 0 saturated heterocycles. The van der Waals surface area contributed by atoms with E-state index in [1.54, 1.807) is 31.2 Å². The highest BCUT2D eigenvalue weighted by Crippen LogP contribution is 2.22. The summed E-state index contributed by atoms with van der Waals surface area (Å²) < 4.78 is 0. The predicted molar refractivity (Wildman–Crippen MR) is 57.5 cm³/mol. The van der Waals surface area contributed by atoms with Gasteiger partial charge in [0.1, 0.15) is 0 Å². The zero-order chi connectivity index (χ0) is 10.7. The third-order valence-electron chi connectivity index (χ3n) is 1.69. The van der Waals surface area contributed by atoms with Crippen molar-refractivity contribution in [2.24, 2.45) is 0 Å². The summed E-state index contributed by atoms with van der Waals surface area (Å²) in [5, 5.41) is 9.70. The molecule has 0 unspecified atom stereocenters. The number of aliphatic carboxylic acids is 1. The van der Waals surface area contributed by atoms with Crippen LogP contribution in [0.3, 0.4) is 0 Å². The molecule has 0 aliphatic heterocycles. The van der Waals surface area contributed by atoms with Crippen LogP contribution in [0.4, 0.5) is 0 Å². The Morgan fingerprint density at radius 1 is 1.29 bits per heavy atom. The Kier molecular flexibility index (Phi) is 3.55. The molecule has 0 aliphatic rings. The van der Waals surface area contributed by atoms with Gasteiger partial charge in [0.05, 0.1) is 5.57 Å². The Morgan fingerprint density at radius 3 is 2.14 bits per heavy atom. The molecule has 0 bridgehead atoms. The second kappa shape index (κ2) is 4.49. The van der Waals surface area contributed by atoms with E-state index < -0.39 is 5.97 Å². The predicted octanol–water partition coefficient (Wildman–Crippen LogP) is 3.39. The minimum atomic E-state index is -1.04. The molecule has 4 heteroatoms. The largest absolute Gasteiger partial charge is 0.478 e. The van der Waals surface area contributed by atoms with Crippen molar-refractivity contribution in [1.82, 2.24) is 0 Å². The second-order valence-electron chi connectivity index (χ2n) is 2.72. The van der Waals surface area contributed by atoms with E-state index >= 15 is 0 Å². The first-order valence-corrected chi connectivity index (χ1v) is 4.63. The summed E-state index contributed by atoms with van der Waals surface area (Å²) in [6.07, 6.45) is 0. The molecule has 0 saturated carbocycles. The Morgan fingerprint density at radius 2 is 1.79 bits per heavy atom. The second-order valence-corrected chi connectivity index (χ2v) is 3.72. The van der Waals surface area contributed by atoms with Crippen LogP contribution in [-0.4, -0.2) is 11.1 Å². The lowest BCUT2D eigenvalue weighted by Gasteiger charge is -2.03. The summed E-state index contributed by atoms with van der Waals surface area (Å²) in [7, 11) is 0. The quantitative estimate of drug-likeness (QED) is 0.792. The molecule has 1 aromatic carbocycles. The molecule has 0 heterocycles. The molecule has 0 atom stereocenters. The minimum Gasteiger partial charge on any atom is -0.478 e. The van der Waals surface area contributed by atoms with Crippen LogP contribution in [0.25, 0.3) is 5.57 Å². The number of carboxylic acids is 1. The van der Waals surface area contributed by atoms with Crippen molar-refractivity contribution in [1.29, 1.82) is 0 Å². The fourth-order valence-electron chi connectivity index (χ4n) is 1.09. The third kappa shape index (κ3) is 2.50. The van der Waals surface area contributed by atoms with Crippen molar-refractivity contribution < 1.29 is 9.90 Å². The van der Waals surface area contributed by atoms with Crippen LogP contribution in [0.2, 0.25) is 5.02 Å². The van der Waals surface area contributed by atoms with Crippen molar-refractivity contribution in [2.75, 3.05) is 0 Å². The molecule has 0 radical (unpaired) electrons. The maximum absolute atomic E-state index is 10.9. The van der Waals surface area contributed by atoms with Gasteiger partial charge in [-0.2, -0.15) is 0 Å². The lowest BCUT2D eigenvalue weighted by molar-refractivity contribution is -0.130. The summed E-state index contributed by atoms with van der Waals surface area (Å²) >= 11 is 11.4. The van der Waals surface area contributed by atoms with Crippen LogP contribution in [0, 0.1) is 0 Å². The monoisotopic (exact) mass is 230 g/mol. The van der Waals surface area contributed by atoms with E-state index in [9.17, 15) is 4.79 Å². The van der Waals surface area contributed by atoms with Crippen LogP contribution in [0.5, 0.6) is 0 Å². The van der Waals surface area contributed by atoms with Gasteiger partial charge in [-0.1, -0.05) is 35.3 Å². The lowest BCUT2D eigenvalue weighted by Crippen LogP contribution is -2.00. The van der Waals surface area contributed by atoms with E-state index in [2.05, 4.69) is 0 Å². The standard InChI is InChI=1S/C10H8Cl2O2/c1-6(11)9(10(13)14)7-2-4-8(12)5-3-7/h2-5H,1H3,(H,13,14)/b9-6-. The Balaban J connectivity index is 3.21. The molecule has 0 spiro atoms. The zero-order valence-electron chi connectivity index (χ0n) is 7.42. The van der Waals surface area contributed by atoms with Crippen molar-refractivity contribution in [3.05, 3.63) is 39.9 Å². The topological polar surface area (TPSA) is 37.3 Å². The number of carbonyl (C=O) groups is 1. The van der Waals surface area contributed by atoms with E-state index in [4.69, 9.17) is 28.3 Å². The number of allylic oxidation sites excluding steroid dienone is 1. The first kappa shape index (κ1) is 11.1. The van der Waals surface area contributed by atoms with Crippen molar-refractivity contribution in [3.8, 4) is 0 Å². The summed E-state index contributed by atoms with van der Waals surface area (Å²) in [4.78, 5) is 10.9. The van der Waals surface area contributed by atoms with Crippen molar-refractivity contribution in [3.63, 3.8) is 0 Å². The fourth-order valence-corrected chi connectivity index (χ4v) is 1.40. The van der Waals surface area contributed by atoms with Gasteiger partial charge in [0.15, 0.2) is 0 Å². The SMILES string of the molecule is C/C(Cl)=C(/C(=O)O)c1ccc(Cl)cc1. The van der Waals surface area contributed by atoms with Gasteiger partial charge in [-0.05, 0) is 24.6 Å². The van der Waals surface area contributed by atoms with Crippen LogP contribution >= 0.6 is 23.2 Å². The third-order valence-corrected chi connectivity index (χ3v) is 2.13. The van der Waals surface area contributed by atoms with E-state index in [0.29, 0.717) is 10.6 Å². The molecule has 1 rings (SSSR count). The van der Waals surface area contributed by atoms with Gasteiger partial charge in [-0.15, -0.1) is 0 Å². The number of hydrogen-bond acceptors (Lipinski definition) is 1. The number of halogens is 2. The molecule has 14 heavy (non-hydrogen) atoms. The first-order valence-electron chi connectivity index (χ1n) is 3.88. The molecule has 1 N–H and O–H groups in total.